The van der Waals surface area contributed by atoms with E-state index in [1.807, 2.05) is 6.07 Å². The first-order valence-electron chi connectivity index (χ1n) is 2.92. The molecule has 0 saturated heterocycles. The predicted molar refractivity (Wildman–Crippen MR) is 41.4 cm³/mol. The summed E-state index contributed by atoms with van der Waals surface area (Å²) in [5, 5.41) is 8.63. The molecule has 0 atom stereocenters. The highest BCUT2D eigenvalue weighted by Crippen LogP contribution is 2.02. The van der Waals surface area contributed by atoms with E-state index < -0.39 is 0 Å². The highest BCUT2D eigenvalue weighted by molar-refractivity contribution is 5.18. The molecule has 0 radical (unpaired) electrons. The maximum atomic E-state index is 8.63. The molecule has 0 fully saturated rings. The van der Waals surface area contributed by atoms with Gasteiger partial charge in [0.1, 0.15) is 5.75 Å². The van der Waals surface area contributed by atoms with Crippen molar-refractivity contribution in [2.45, 2.75) is 0 Å². The normalized spacial score (nSPS) is 7.80. The molecule has 1 rings (SSSR count). The Hall–Kier alpha value is -1.06. The van der Waals surface area contributed by atoms with E-state index in [0.29, 0.717) is 5.75 Å². The van der Waals surface area contributed by atoms with Gasteiger partial charge in [-0.25, -0.2) is 0 Å². The largest absolute Gasteiger partial charge is 0.508 e. The van der Waals surface area contributed by atoms with Gasteiger partial charge in [0, 0.05) is 0 Å². The number of benzene rings is 1. The summed E-state index contributed by atoms with van der Waals surface area (Å²) in [4.78, 5) is 0. The van der Waals surface area contributed by atoms with Gasteiger partial charge in [-0.2, -0.15) is 0 Å². The van der Waals surface area contributed by atoms with Crippen LogP contribution in [-0.4, -0.2) is 12.2 Å². The predicted octanol–water partition coefficient (Wildman–Crippen LogP) is 0.472. The van der Waals surface area contributed by atoms with Crippen LogP contribution >= 0.6 is 0 Å². The van der Waals surface area contributed by atoms with Gasteiger partial charge >= 0.3 is 0 Å². The number of aromatic hydroxyl groups is 1. The van der Waals surface area contributed by atoms with Crippen LogP contribution in [-0.2, 0) is 0 Å². The summed E-state index contributed by atoms with van der Waals surface area (Å²) in [6, 6.07) is 8.71. The Bertz CT molecular complexity index is 153. The van der Waals surface area contributed by atoms with Crippen LogP contribution < -0.4 is 11.3 Å². The average Bonchev–Trinajstić information content (AvgIpc) is 1.91. The lowest BCUT2D eigenvalue weighted by Gasteiger charge is -1.82. The standard InChI is InChI=1S/C6H6O.CH6N2/c7-6-4-2-1-3-5-6;1-3-2/h1-5,7H;3H,2H2,1H3. The Balaban J connectivity index is 0.000000236. The van der Waals surface area contributed by atoms with Gasteiger partial charge in [-0.3, -0.25) is 11.3 Å². The molecule has 1 aromatic carbocycles. The Labute approximate surface area is 60.5 Å². The van der Waals surface area contributed by atoms with Crippen molar-refractivity contribution in [3.8, 4) is 5.75 Å². The molecule has 0 bridgehead atoms. The highest BCUT2D eigenvalue weighted by Gasteiger charge is 1.74. The zero-order valence-electron chi connectivity index (χ0n) is 5.91. The van der Waals surface area contributed by atoms with Gasteiger partial charge in [-0.1, -0.05) is 18.2 Å². The van der Waals surface area contributed by atoms with E-state index in [4.69, 9.17) is 5.11 Å². The Morgan fingerprint density at radius 2 is 1.70 bits per heavy atom. The molecular weight excluding hydrogens is 128 g/mol. The first-order chi connectivity index (χ1) is 4.81. The van der Waals surface area contributed by atoms with Crippen LogP contribution in [0.25, 0.3) is 0 Å². The van der Waals surface area contributed by atoms with Gasteiger partial charge in [0.2, 0.25) is 0 Å². The van der Waals surface area contributed by atoms with Crippen molar-refractivity contribution in [1.29, 1.82) is 0 Å². The van der Waals surface area contributed by atoms with Crippen LogP contribution in [0.3, 0.4) is 0 Å². The van der Waals surface area contributed by atoms with Gasteiger partial charge in [-0.05, 0) is 19.2 Å². The van der Waals surface area contributed by atoms with Crippen LogP contribution in [0, 0.1) is 0 Å². The molecule has 0 aliphatic rings. The quantitative estimate of drug-likeness (QED) is 0.362. The maximum absolute atomic E-state index is 8.63. The highest BCUT2D eigenvalue weighted by atomic mass is 16.3. The third kappa shape index (κ3) is 5.08. The zero-order valence-corrected chi connectivity index (χ0v) is 5.91. The fraction of sp³-hybridized carbons (Fsp3) is 0.143. The van der Waals surface area contributed by atoms with Crippen LogP contribution in [0.5, 0.6) is 5.75 Å². The van der Waals surface area contributed by atoms with Crippen molar-refractivity contribution in [1.82, 2.24) is 5.43 Å². The summed E-state index contributed by atoms with van der Waals surface area (Å²) < 4.78 is 0. The Kier molecular flexibility index (Phi) is 5.42. The van der Waals surface area contributed by atoms with Crippen molar-refractivity contribution in [2.75, 3.05) is 7.05 Å². The van der Waals surface area contributed by atoms with E-state index >= 15 is 0 Å². The third-order valence-electron chi connectivity index (χ3n) is 0.756. The lowest BCUT2D eigenvalue weighted by Crippen LogP contribution is -2.13. The van der Waals surface area contributed by atoms with Crippen LogP contribution in [0.1, 0.15) is 0 Å². The summed E-state index contributed by atoms with van der Waals surface area (Å²) in [5.74, 6) is 4.92. The number of phenolic OH excluding ortho intramolecular Hbond substituents is 1. The number of nitrogens with one attached hydrogen (secondary N) is 1. The Morgan fingerprint density at radius 3 is 1.90 bits per heavy atom. The first kappa shape index (κ1) is 8.94. The van der Waals surface area contributed by atoms with Crippen LogP contribution in [0.4, 0.5) is 0 Å². The molecule has 0 aromatic heterocycles. The number of nitrogens with two attached hydrogens (primary N) is 1. The maximum Gasteiger partial charge on any atom is 0.115 e. The van der Waals surface area contributed by atoms with Crippen LogP contribution in [0.2, 0.25) is 0 Å². The summed E-state index contributed by atoms with van der Waals surface area (Å²) in [7, 11) is 1.65. The fourth-order valence-corrected chi connectivity index (χ4v) is 0.428. The molecule has 4 N–H and O–H groups in total. The second-order valence-electron chi connectivity index (χ2n) is 1.62. The Morgan fingerprint density at radius 1 is 1.30 bits per heavy atom. The minimum atomic E-state index is 0.322. The number of phenols is 1. The van der Waals surface area contributed by atoms with Gasteiger partial charge < -0.3 is 5.11 Å². The summed E-state index contributed by atoms with van der Waals surface area (Å²) in [6.45, 7) is 0. The summed E-state index contributed by atoms with van der Waals surface area (Å²) in [5.41, 5.74) is 2.25. The monoisotopic (exact) mass is 140 g/mol. The number of hydrogen-bond donors (Lipinski definition) is 3. The lowest BCUT2D eigenvalue weighted by atomic mass is 10.3. The molecule has 1 aromatic rings. The van der Waals surface area contributed by atoms with Crippen molar-refractivity contribution in [2.24, 2.45) is 5.84 Å². The molecule has 56 valence electrons. The zero-order chi connectivity index (χ0) is 7.82. The first-order valence-corrected chi connectivity index (χ1v) is 2.92. The fourth-order valence-electron chi connectivity index (χ4n) is 0.428. The molecule has 0 saturated carbocycles. The van der Waals surface area contributed by atoms with Crippen molar-refractivity contribution in [3.63, 3.8) is 0 Å². The summed E-state index contributed by atoms with van der Waals surface area (Å²) in [6.07, 6.45) is 0. The number of hydrazine groups is 1. The van der Waals surface area contributed by atoms with E-state index in [0.717, 1.165) is 0 Å². The smallest absolute Gasteiger partial charge is 0.115 e. The van der Waals surface area contributed by atoms with E-state index in [-0.39, 0.29) is 0 Å². The molecule has 0 aliphatic heterocycles. The molecule has 10 heavy (non-hydrogen) atoms. The molecule has 0 spiro atoms. The van der Waals surface area contributed by atoms with Gasteiger partial charge in [0.25, 0.3) is 0 Å². The van der Waals surface area contributed by atoms with Crippen LogP contribution in [0.15, 0.2) is 30.3 Å². The van der Waals surface area contributed by atoms with Crippen molar-refractivity contribution in [3.05, 3.63) is 30.3 Å². The van der Waals surface area contributed by atoms with Crippen molar-refractivity contribution < 1.29 is 5.11 Å². The van der Waals surface area contributed by atoms with Gasteiger partial charge in [0.05, 0.1) is 0 Å². The van der Waals surface area contributed by atoms with E-state index in [9.17, 15) is 0 Å². The molecule has 0 unspecified atom stereocenters. The second-order valence-corrected chi connectivity index (χ2v) is 1.62. The SMILES string of the molecule is CNN.Oc1ccccc1. The number of rotatable bonds is 0. The molecular formula is C7H12N2O. The number of hydrogen-bond acceptors (Lipinski definition) is 3. The van der Waals surface area contributed by atoms with E-state index in [1.165, 1.54) is 0 Å². The second kappa shape index (κ2) is 6.07. The van der Waals surface area contributed by atoms with E-state index in [1.54, 1.807) is 31.3 Å². The minimum Gasteiger partial charge on any atom is -0.508 e. The molecule has 0 amide bonds. The lowest BCUT2D eigenvalue weighted by molar-refractivity contribution is 0.475. The molecule has 0 aliphatic carbocycles. The minimum absolute atomic E-state index is 0.322. The molecule has 3 heteroatoms. The number of para-hydroxylation sites is 1. The van der Waals surface area contributed by atoms with Crippen molar-refractivity contribution >= 4 is 0 Å². The average molecular weight is 140 g/mol. The topological polar surface area (TPSA) is 58.3 Å². The molecule has 0 heterocycles. The van der Waals surface area contributed by atoms with Gasteiger partial charge in [0.15, 0.2) is 0 Å². The van der Waals surface area contributed by atoms with Gasteiger partial charge in [-0.15, -0.1) is 0 Å². The van der Waals surface area contributed by atoms with E-state index in [2.05, 4.69) is 11.3 Å². The molecule has 3 nitrogen and oxygen atoms in total. The summed E-state index contributed by atoms with van der Waals surface area (Å²) >= 11 is 0. The third-order valence-corrected chi connectivity index (χ3v) is 0.756.